The topological polar surface area (TPSA) is 29.4 Å². The Balaban J connectivity index is 1.97. The van der Waals surface area contributed by atoms with Crippen molar-refractivity contribution in [2.45, 2.75) is 64.7 Å². The molecule has 0 aromatic carbocycles. The molecule has 0 aliphatic carbocycles. The van der Waals surface area contributed by atoms with Gasteiger partial charge in [0.1, 0.15) is 0 Å². The number of nitrogens with zero attached hydrogens (tertiary/aromatic N) is 1. The lowest BCUT2D eigenvalue weighted by molar-refractivity contribution is -0.113. The molecule has 2 nitrogen and oxygen atoms in total. The summed E-state index contributed by atoms with van der Waals surface area (Å²) in [5.41, 5.74) is 1.07. The van der Waals surface area contributed by atoms with E-state index in [0.717, 1.165) is 12.1 Å². The van der Waals surface area contributed by atoms with Crippen LogP contribution in [0.1, 0.15) is 64.7 Å². The number of unbranched alkanes of at least 4 members (excludes halogenated alkanes) is 6. The first-order valence-electron chi connectivity index (χ1n) is 6.58. The highest BCUT2D eigenvalue weighted by atomic mass is 16.1. The quantitative estimate of drug-likeness (QED) is 0.568. The largest absolute Gasteiger partial charge is 0.294 e. The Morgan fingerprint density at radius 2 is 1.81 bits per heavy atom. The summed E-state index contributed by atoms with van der Waals surface area (Å²) in [4.78, 5) is 15.4. The van der Waals surface area contributed by atoms with Crippen LogP contribution in [0.4, 0.5) is 0 Å². The molecular weight excluding hydrogens is 198 g/mol. The number of aliphatic imine (C=N–C) groups is 1. The first-order chi connectivity index (χ1) is 7.83. The van der Waals surface area contributed by atoms with Crippen molar-refractivity contribution >= 4 is 11.5 Å². The second kappa shape index (κ2) is 8.26. The van der Waals surface area contributed by atoms with E-state index in [-0.39, 0.29) is 5.78 Å². The van der Waals surface area contributed by atoms with Crippen LogP contribution in [0.3, 0.4) is 0 Å². The molecule has 1 heterocycles. The zero-order valence-corrected chi connectivity index (χ0v) is 10.4. The summed E-state index contributed by atoms with van der Waals surface area (Å²) in [6.07, 6.45) is 14.0. The molecule has 0 saturated heterocycles. The Bertz CT molecular complexity index is 266. The van der Waals surface area contributed by atoms with Crippen LogP contribution >= 0.6 is 0 Å². The third kappa shape index (κ3) is 5.84. The van der Waals surface area contributed by atoms with Gasteiger partial charge in [0.05, 0.1) is 0 Å². The summed E-state index contributed by atoms with van der Waals surface area (Å²) < 4.78 is 0. The number of hydrogen-bond acceptors (Lipinski definition) is 2. The molecule has 0 spiro atoms. The molecule has 0 fully saturated rings. The standard InChI is InChI=1S/C14H23NO/c1-2-3-4-5-6-7-8-9-13-12-14(16)10-11-15-13/h10-11H,2-9,12H2,1H3. The van der Waals surface area contributed by atoms with Gasteiger partial charge in [-0.1, -0.05) is 45.4 Å². The maximum atomic E-state index is 11.1. The van der Waals surface area contributed by atoms with Crippen molar-refractivity contribution in [1.82, 2.24) is 0 Å². The second-order valence-corrected chi connectivity index (χ2v) is 4.53. The van der Waals surface area contributed by atoms with Crippen molar-refractivity contribution in [3.05, 3.63) is 12.3 Å². The van der Waals surface area contributed by atoms with Gasteiger partial charge in [-0.3, -0.25) is 9.79 Å². The molecule has 0 saturated carbocycles. The van der Waals surface area contributed by atoms with Crippen LogP contribution in [0.5, 0.6) is 0 Å². The lowest BCUT2D eigenvalue weighted by Crippen LogP contribution is -2.08. The summed E-state index contributed by atoms with van der Waals surface area (Å²) in [6, 6.07) is 0. The van der Waals surface area contributed by atoms with E-state index in [2.05, 4.69) is 11.9 Å². The number of hydrogen-bond donors (Lipinski definition) is 0. The predicted molar refractivity (Wildman–Crippen MR) is 68.8 cm³/mol. The van der Waals surface area contributed by atoms with Gasteiger partial charge in [-0.05, 0) is 18.9 Å². The van der Waals surface area contributed by atoms with Crippen LogP contribution in [-0.2, 0) is 4.79 Å². The third-order valence-corrected chi connectivity index (χ3v) is 2.96. The predicted octanol–water partition coefficient (Wildman–Crippen LogP) is 4.05. The van der Waals surface area contributed by atoms with Gasteiger partial charge in [0.15, 0.2) is 5.78 Å². The fourth-order valence-corrected chi connectivity index (χ4v) is 1.97. The Morgan fingerprint density at radius 1 is 1.12 bits per heavy atom. The number of carbonyl (C=O) groups excluding carboxylic acids is 1. The van der Waals surface area contributed by atoms with Crippen molar-refractivity contribution in [3.63, 3.8) is 0 Å². The molecule has 1 aliphatic rings. The first kappa shape index (κ1) is 13.1. The molecule has 2 heteroatoms. The van der Waals surface area contributed by atoms with Gasteiger partial charge < -0.3 is 0 Å². The summed E-state index contributed by atoms with van der Waals surface area (Å²) >= 11 is 0. The Kier molecular flexibility index (Phi) is 6.78. The molecule has 1 aliphatic heterocycles. The summed E-state index contributed by atoms with van der Waals surface area (Å²) in [5.74, 6) is 0.202. The minimum Gasteiger partial charge on any atom is -0.294 e. The Morgan fingerprint density at radius 3 is 2.50 bits per heavy atom. The first-order valence-corrected chi connectivity index (χ1v) is 6.58. The van der Waals surface area contributed by atoms with Crippen LogP contribution in [-0.4, -0.2) is 11.5 Å². The number of ketones is 1. The summed E-state index contributed by atoms with van der Waals surface area (Å²) in [6.45, 7) is 2.24. The van der Waals surface area contributed by atoms with Crippen molar-refractivity contribution in [1.29, 1.82) is 0 Å². The zero-order valence-electron chi connectivity index (χ0n) is 10.4. The van der Waals surface area contributed by atoms with Gasteiger partial charge >= 0.3 is 0 Å². The minimum atomic E-state index is 0.202. The van der Waals surface area contributed by atoms with E-state index in [1.807, 2.05) is 0 Å². The lowest BCUT2D eigenvalue weighted by atomic mass is 10.0. The van der Waals surface area contributed by atoms with Gasteiger partial charge in [-0.15, -0.1) is 0 Å². The monoisotopic (exact) mass is 221 g/mol. The van der Waals surface area contributed by atoms with Crippen molar-refractivity contribution in [2.75, 3.05) is 0 Å². The van der Waals surface area contributed by atoms with Gasteiger partial charge in [-0.25, -0.2) is 0 Å². The second-order valence-electron chi connectivity index (χ2n) is 4.53. The third-order valence-electron chi connectivity index (χ3n) is 2.96. The number of rotatable bonds is 8. The van der Waals surface area contributed by atoms with Crippen LogP contribution < -0.4 is 0 Å². The molecule has 1 rings (SSSR count). The highest BCUT2D eigenvalue weighted by molar-refractivity contribution is 6.08. The maximum Gasteiger partial charge on any atom is 0.162 e. The molecule has 0 unspecified atom stereocenters. The van der Waals surface area contributed by atoms with Gasteiger partial charge in [0.2, 0.25) is 0 Å². The molecule has 0 atom stereocenters. The van der Waals surface area contributed by atoms with E-state index in [9.17, 15) is 4.79 Å². The van der Waals surface area contributed by atoms with Crippen LogP contribution in [0.2, 0.25) is 0 Å². The SMILES string of the molecule is CCCCCCCCCC1=NC=CC(=O)C1. The average Bonchev–Trinajstić information content (AvgIpc) is 2.28. The molecule has 0 N–H and O–H groups in total. The normalized spacial score (nSPS) is 15.3. The maximum absolute atomic E-state index is 11.1. The van der Waals surface area contributed by atoms with Crippen molar-refractivity contribution < 1.29 is 4.79 Å². The molecule has 0 amide bonds. The van der Waals surface area contributed by atoms with E-state index >= 15 is 0 Å². The lowest BCUT2D eigenvalue weighted by Gasteiger charge is -2.06. The molecular formula is C14H23NO. The average molecular weight is 221 g/mol. The van der Waals surface area contributed by atoms with Crippen molar-refractivity contribution in [2.24, 2.45) is 4.99 Å². The van der Waals surface area contributed by atoms with Crippen LogP contribution in [0.15, 0.2) is 17.3 Å². The van der Waals surface area contributed by atoms with E-state index in [0.29, 0.717) is 6.42 Å². The van der Waals surface area contributed by atoms with E-state index in [1.165, 1.54) is 44.9 Å². The highest BCUT2D eigenvalue weighted by Crippen LogP contribution is 2.11. The minimum absolute atomic E-state index is 0.202. The molecule has 0 aromatic rings. The van der Waals surface area contributed by atoms with E-state index in [4.69, 9.17) is 0 Å². The molecule has 90 valence electrons. The fourth-order valence-electron chi connectivity index (χ4n) is 1.97. The van der Waals surface area contributed by atoms with E-state index in [1.54, 1.807) is 12.3 Å². The molecule has 0 aromatic heterocycles. The highest BCUT2D eigenvalue weighted by Gasteiger charge is 2.07. The molecule has 16 heavy (non-hydrogen) atoms. The number of carbonyl (C=O) groups is 1. The number of allylic oxidation sites excluding steroid dienone is 1. The Labute approximate surface area is 98.8 Å². The summed E-state index contributed by atoms with van der Waals surface area (Å²) in [5, 5.41) is 0. The fraction of sp³-hybridized carbons (Fsp3) is 0.714. The molecule has 0 radical (unpaired) electrons. The molecule has 0 bridgehead atoms. The van der Waals surface area contributed by atoms with Gasteiger partial charge in [-0.2, -0.15) is 0 Å². The summed E-state index contributed by atoms with van der Waals surface area (Å²) in [7, 11) is 0. The van der Waals surface area contributed by atoms with Crippen molar-refractivity contribution in [3.8, 4) is 0 Å². The van der Waals surface area contributed by atoms with E-state index < -0.39 is 0 Å². The van der Waals surface area contributed by atoms with Gasteiger partial charge in [0.25, 0.3) is 0 Å². The Hall–Kier alpha value is -0.920. The van der Waals surface area contributed by atoms with Crippen LogP contribution in [0.25, 0.3) is 0 Å². The van der Waals surface area contributed by atoms with Gasteiger partial charge in [0, 0.05) is 18.3 Å². The zero-order chi connectivity index (χ0) is 11.6. The van der Waals surface area contributed by atoms with Crippen LogP contribution in [0, 0.1) is 0 Å². The smallest absolute Gasteiger partial charge is 0.162 e.